The van der Waals surface area contributed by atoms with Crippen LogP contribution < -0.4 is 0 Å². The highest BCUT2D eigenvalue weighted by molar-refractivity contribution is 6.20. The highest BCUT2D eigenvalue weighted by Gasteiger charge is 2.23. The lowest BCUT2D eigenvalue weighted by atomic mass is 9.91. The summed E-state index contributed by atoms with van der Waals surface area (Å²) in [5.74, 6) is 0. The van der Waals surface area contributed by atoms with Crippen molar-refractivity contribution in [3.8, 4) is 33.6 Å². The van der Waals surface area contributed by atoms with Crippen molar-refractivity contribution in [2.75, 3.05) is 0 Å². The van der Waals surface area contributed by atoms with E-state index in [1.807, 2.05) is 0 Å². The van der Waals surface area contributed by atoms with Crippen LogP contribution in [0, 0.1) is 0 Å². The molecule has 0 radical (unpaired) electrons. The summed E-state index contributed by atoms with van der Waals surface area (Å²) in [5.41, 5.74) is 13.3. The van der Waals surface area contributed by atoms with Gasteiger partial charge in [0.1, 0.15) is 11.1 Å². The summed E-state index contributed by atoms with van der Waals surface area (Å²) < 4.78 is 11.7. The molecule has 0 aliphatic rings. The molecule has 0 saturated carbocycles. The van der Waals surface area contributed by atoms with Crippen molar-refractivity contribution < 1.29 is 4.42 Å². The predicted octanol–water partition coefficient (Wildman–Crippen LogP) is 12.0. The Morgan fingerprint density at radius 3 is 1.55 bits per heavy atom. The maximum atomic E-state index is 6.94. The van der Waals surface area contributed by atoms with Gasteiger partial charge >= 0.3 is 0 Å². The highest BCUT2D eigenvalue weighted by atomic mass is 16.3. The van der Waals surface area contributed by atoms with E-state index in [4.69, 9.17) is 4.42 Å². The van der Waals surface area contributed by atoms with Gasteiger partial charge in [0.2, 0.25) is 0 Å². The number of aromatic nitrogens is 2. The lowest BCUT2D eigenvalue weighted by molar-refractivity contribution is 0.674. The molecule has 0 atom stereocenters. The minimum Gasteiger partial charge on any atom is -0.453 e. The minimum atomic E-state index is 0.902. The number of para-hydroxylation sites is 5. The molecule has 3 heteroatoms. The Morgan fingerprint density at radius 1 is 0.319 bits per heavy atom. The molecule has 3 aromatic heterocycles. The molecule has 3 nitrogen and oxygen atoms in total. The standard InChI is InChI=1S/C44H28N2O/c1-3-15-29(16-4-1)45-38-26-11-9-21-35(38)41-33(23-14-28-40(41)45)31-19-7-8-20-32(31)34-24-13-25-37-42-44(47-43(34)37)36-22-10-12-27-39(36)46(42)30-17-5-2-6-18-30/h1-28H. The van der Waals surface area contributed by atoms with Gasteiger partial charge in [-0.25, -0.2) is 0 Å². The molecule has 0 amide bonds. The van der Waals surface area contributed by atoms with Gasteiger partial charge in [0.25, 0.3) is 0 Å². The normalized spacial score (nSPS) is 11.8. The fourth-order valence-electron chi connectivity index (χ4n) is 7.60. The Bertz CT molecular complexity index is 2780. The Kier molecular flexibility index (Phi) is 5.57. The number of nitrogens with zero attached hydrogens (tertiary/aromatic N) is 2. The average Bonchev–Trinajstić information content (AvgIpc) is 3.79. The van der Waals surface area contributed by atoms with Crippen molar-refractivity contribution in [1.82, 2.24) is 9.13 Å². The van der Waals surface area contributed by atoms with E-state index in [0.29, 0.717) is 0 Å². The van der Waals surface area contributed by atoms with Crippen molar-refractivity contribution in [3.63, 3.8) is 0 Å². The predicted molar refractivity (Wildman–Crippen MR) is 196 cm³/mol. The summed E-state index contributed by atoms with van der Waals surface area (Å²) in [4.78, 5) is 0. The first-order chi connectivity index (χ1) is 23.4. The number of fused-ring (bicyclic) bond motifs is 8. The molecular formula is C44H28N2O. The average molecular weight is 601 g/mol. The van der Waals surface area contributed by atoms with Crippen LogP contribution in [0.4, 0.5) is 0 Å². The zero-order valence-electron chi connectivity index (χ0n) is 25.5. The van der Waals surface area contributed by atoms with Crippen LogP contribution >= 0.6 is 0 Å². The Labute approximate surface area is 271 Å². The van der Waals surface area contributed by atoms with Crippen LogP contribution in [0.1, 0.15) is 0 Å². The van der Waals surface area contributed by atoms with E-state index in [1.54, 1.807) is 0 Å². The van der Waals surface area contributed by atoms with E-state index < -0.39 is 0 Å². The second kappa shape index (κ2) is 10.1. The monoisotopic (exact) mass is 600 g/mol. The van der Waals surface area contributed by atoms with Crippen LogP contribution in [0.2, 0.25) is 0 Å². The molecule has 220 valence electrons. The third-order valence-electron chi connectivity index (χ3n) is 9.54. The molecule has 0 fully saturated rings. The van der Waals surface area contributed by atoms with Gasteiger partial charge < -0.3 is 13.6 Å². The lowest BCUT2D eigenvalue weighted by Crippen LogP contribution is -1.93. The molecule has 47 heavy (non-hydrogen) atoms. The minimum absolute atomic E-state index is 0.902. The number of furan rings is 1. The van der Waals surface area contributed by atoms with Crippen LogP contribution in [0.15, 0.2) is 174 Å². The van der Waals surface area contributed by atoms with Crippen molar-refractivity contribution in [3.05, 3.63) is 170 Å². The molecule has 10 rings (SSSR count). The molecular weight excluding hydrogens is 572 g/mol. The molecule has 0 saturated heterocycles. The van der Waals surface area contributed by atoms with Gasteiger partial charge in [-0.3, -0.25) is 0 Å². The molecule has 0 unspecified atom stereocenters. The van der Waals surface area contributed by atoms with E-state index >= 15 is 0 Å². The first kappa shape index (κ1) is 26.0. The molecule has 7 aromatic carbocycles. The summed E-state index contributed by atoms with van der Waals surface area (Å²) in [7, 11) is 0. The summed E-state index contributed by atoms with van der Waals surface area (Å²) >= 11 is 0. The van der Waals surface area contributed by atoms with E-state index in [2.05, 4.69) is 179 Å². The smallest absolute Gasteiger partial charge is 0.161 e. The van der Waals surface area contributed by atoms with Gasteiger partial charge in [-0.1, -0.05) is 115 Å². The Morgan fingerprint density at radius 2 is 0.809 bits per heavy atom. The fraction of sp³-hybridized carbons (Fsp3) is 0. The second-order valence-corrected chi connectivity index (χ2v) is 12.1. The van der Waals surface area contributed by atoms with Crippen LogP contribution in [-0.2, 0) is 0 Å². The van der Waals surface area contributed by atoms with E-state index in [9.17, 15) is 0 Å². The number of rotatable bonds is 4. The van der Waals surface area contributed by atoms with Crippen molar-refractivity contribution in [1.29, 1.82) is 0 Å². The maximum absolute atomic E-state index is 6.94. The summed E-state index contributed by atoms with van der Waals surface area (Å²) in [6, 6.07) is 60.5. The van der Waals surface area contributed by atoms with E-state index in [1.165, 1.54) is 32.9 Å². The first-order valence-corrected chi connectivity index (χ1v) is 16.0. The lowest BCUT2D eigenvalue weighted by Gasteiger charge is -2.13. The topological polar surface area (TPSA) is 23.0 Å². The third kappa shape index (κ3) is 3.74. The fourth-order valence-corrected chi connectivity index (χ4v) is 7.60. The Balaban J connectivity index is 1.27. The zero-order valence-corrected chi connectivity index (χ0v) is 25.5. The van der Waals surface area contributed by atoms with Crippen LogP contribution in [-0.4, -0.2) is 9.13 Å². The largest absolute Gasteiger partial charge is 0.453 e. The molecule has 0 bridgehead atoms. The van der Waals surface area contributed by atoms with Crippen LogP contribution in [0.25, 0.3) is 88.4 Å². The Hall–Kier alpha value is -6.32. The molecule has 0 N–H and O–H groups in total. The van der Waals surface area contributed by atoms with E-state index in [-0.39, 0.29) is 0 Å². The number of benzene rings is 7. The molecule has 0 spiro atoms. The third-order valence-corrected chi connectivity index (χ3v) is 9.54. The second-order valence-electron chi connectivity index (χ2n) is 12.1. The van der Waals surface area contributed by atoms with Crippen LogP contribution in [0.3, 0.4) is 0 Å². The van der Waals surface area contributed by atoms with Gasteiger partial charge in [-0.2, -0.15) is 0 Å². The van der Waals surface area contributed by atoms with Gasteiger partial charge in [-0.15, -0.1) is 0 Å². The zero-order chi connectivity index (χ0) is 30.9. The van der Waals surface area contributed by atoms with Crippen LogP contribution in [0.5, 0.6) is 0 Å². The maximum Gasteiger partial charge on any atom is 0.161 e. The van der Waals surface area contributed by atoms with E-state index in [0.717, 1.165) is 55.5 Å². The number of hydrogen-bond acceptors (Lipinski definition) is 1. The van der Waals surface area contributed by atoms with Gasteiger partial charge in [0, 0.05) is 38.5 Å². The van der Waals surface area contributed by atoms with Gasteiger partial charge in [0.15, 0.2) is 5.58 Å². The number of hydrogen-bond donors (Lipinski definition) is 0. The molecule has 10 aromatic rings. The van der Waals surface area contributed by atoms with Crippen molar-refractivity contribution >= 4 is 54.8 Å². The summed E-state index contributed by atoms with van der Waals surface area (Å²) in [5, 5.41) is 4.70. The molecule has 3 heterocycles. The first-order valence-electron chi connectivity index (χ1n) is 16.0. The summed E-state index contributed by atoms with van der Waals surface area (Å²) in [6.45, 7) is 0. The van der Waals surface area contributed by atoms with Crippen molar-refractivity contribution in [2.24, 2.45) is 0 Å². The molecule has 0 aliphatic heterocycles. The summed E-state index contributed by atoms with van der Waals surface area (Å²) in [6.07, 6.45) is 0. The highest BCUT2D eigenvalue weighted by Crippen LogP contribution is 2.46. The quantitative estimate of drug-likeness (QED) is 0.197. The van der Waals surface area contributed by atoms with Crippen molar-refractivity contribution in [2.45, 2.75) is 0 Å². The molecule has 0 aliphatic carbocycles. The SMILES string of the molecule is c1ccc(-n2c3ccccc3c3c(-c4ccccc4-c4cccc5c4oc4c6ccccc6n(-c6ccccc6)c54)cccc32)cc1. The van der Waals surface area contributed by atoms with Gasteiger partial charge in [-0.05, 0) is 71.3 Å². The van der Waals surface area contributed by atoms with Gasteiger partial charge in [0.05, 0.1) is 16.6 Å².